The predicted molar refractivity (Wildman–Crippen MR) is 185 cm³/mol. The second kappa shape index (κ2) is 11.8. The van der Waals surface area contributed by atoms with Gasteiger partial charge in [-0.25, -0.2) is 19.3 Å². The monoisotopic (exact) mass is 618 g/mol. The zero-order valence-corrected chi connectivity index (χ0v) is 25.3. The van der Waals surface area contributed by atoms with Crippen LogP contribution in [-0.2, 0) is 0 Å². The summed E-state index contributed by atoms with van der Waals surface area (Å²) in [4.78, 5) is 14.9. The molecule has 224 valence electrons. The zero-order chi connectivity index (χ0) is 32.6. The van der Waals surface area contributed by atoms with E-state index < -0.39 is 0 Å². The minimum atomic E-state index is -0.325. The average Bonchev–Trinajstić information content (AvgIpc) is 3.48. The van der Waals surface area contributed by atoms with E-state index in [-0.39, 0.29) is 5.82 Å². The minimum absolute atomic E-state index is 0.325. The Bertz CT molecular complexity index is 2450. The third-order valence-electron chi connectivity index (χ3n) is 8.38. The molecule has 0 amide bonds. The van der Waals surface area contributed by atoms with Crippen molar-refractivity contribution in [3.8, 4) is 63.1 Å². The Hall–Kier alpha value is -6.96. The van der Waals surface area contributed by atoms with Gasteiger partial charge in [-0.3, -0.25) is 0 Å². The van der Waals surface area contributed by atoms with Crippen molar-refractivity contribution in [2.24, 2.45) is 0 Å². The van der Waals surface area contributed by atoms with Crippen LogP contribution in [0.5, 0.6) is 0 Å². The SMILES string of the molecule is N#Cc1ccc2c(c1)c1cc(C#N)ccc1n2-c1ccc(-c2ccc(F)cc2)c(-c2nc(-c3ccccc3)nc(-c3ccccc3)n2)c1. The number of hydrogen-bond donors (Lipinski definition) is 0. The molecule has 0 N–H and O–H groups in total. The maximum absolute atomic E-state index is 14.1. The Morgan fingerprint density at radius 1 is 0.479 bits per heavy atom. The first-order chi connectivity index (χ1) is 23.6. The lowest BCUT2D eigenvalue weighted by molar-refractivity contribution is 0.628. The molecule has 0 saturated carbocycles. The molecule has 0 aliphatic rings. The summed E-state index contributed by atoms with van der Waals surface area (Å²) >= 11 is 0. The molecule has 7 heteroatoms. The van der Waals surface area contributed by atoms with Gasteiger partial charge < -0.3 is 4.57 Å². The molecule has 0 bridgehead atoms. The molecule has 6 nitrogen and oxygen atoms in total. The van der Waals surface area contributed by atoms with Crippen molar-refractivity contribution in [2.75, 3.05) is 0 Å². The van der Waals surface area contributed by atoms with Gasteiger partial charge in [0.25, 0.3) is 0 Å². The summed E-state index contributed by atoms with van der Waals surface area (Å²) in [6, 6.07) is 47.6. The van der Waals surface area contributed by atoms with Gasteiger partial charge in [-0.1, -0.05) is 78.9 Å². The molecular formula is C41H23FN6. The quantitative estimate of drug-likeness (QED) is 0.192. The largest absolute Gasteiger partial charge is 0.309 e. The first-order valence-electron chi connectivity index (χ1n) is 15.3. The van der Waals surface area contributed by atoms with E-state index >= 15 is 0 Å². The molecule has 0 saturated heterocycles. The molecule has 0 radical (unpaired) electrons. The van der Waals surface area contributed by atoms with E-state index in [1.807, 2.05) is 103 Å². The third kappa shape index (κ3) is 5.02. The smallest absolute Gasteiger partial charge is 0.164 e. The van der Waals surface area contributed by atoms with Crippen molar-refractivity contribution in [3.63, 3.8) is 0 Å². The molecule has 0 fully saturated rings. The van der Waals surface area contributed by atoms with Gasteiger partial charge in [0.15, 0.2) is 17.5 Å². The molecule has 0 atom stereocenters. The fraction of sp³-hybridized carbons (Fsp3) is 0. The molecule has 0 unspecified atom stereocenters. The van der Waals surface area contributed by atoms with Crippen molar-refractivity contribution in [1.82, 2.24) is 19.5 Å². The number of fused-ring (bicyclic) bond motifs is 3. The standard InChI is InChI=1S/C41H23FN6/c42-31-15-13-28(14-16-31)33-18-17-32(48-37-19-11-26(24-43)21-34(37)35-22-27(25-44)12-20-38(35)48)23-36(33)41-46-39(29-7-3-1-4-8-29)45-40(47-41)30-9-5-2-6-10-30/h1-23H. The molecule has 0 spiro atoms. The summed E-state index contributed by atoms with van der Waals surface area (Å²) in [5, 5.41) is 21.1. The second-order valence-corrected chi connectivity index (χ2v) is 11.3. The Morgan fingerprint density at radius 2 is 1.00 bits per heavy atom. The summed E-state index contributed by atoms with van der Waals surface area (Å²) in [6.07, 6.45) is 0. The molecule has 48 heavy (non-hydrogen) atoms. The number of aromatic nitrogens is 4. The van der Waals surface area contributed by atoms with Gasteiger partial charge in [-0.2, -0.15) is 10.5 Å². The van der Waals surface area contributed by atoms with E-state index in [1.165, 1.54) is 12.1 Å². The van der Waals surface area contributed by atoms with Crippen LogP contribution in [0.25, 0.3) is 72.8 Å². The first kappa shape index (κ1) is 28.5. The number of hydrogen-bond acceptors (Lipinski definition) is 5. The van der Waals surface area contributed by atoms with Crippen molar-refractivity contribution < 1.29 is 4.39 Å². The summed E-state index contributed by atoms with van der Waals surface area (Å²) in [5.74, 6) is 1.19. The summed E-state index contributed by atoms with van der Waals surface area (Å²) < 4.78 is 16.2. The van der Waals surface area contributed by atoms with Crippen molar-refractivity contribution in [2.45, 2.75) is 0 Å². The molecule has 8 rings (SSSR count). The lowest BCUT2D eigenvalue weighted by Crippen LogP contribution is -2.02. The fourth-order valence-corrected chi connectivity index (χ4v) is 6.11. The van der Waals surface area contributed by atoms with Crippen LogP contribution in [0, 0.1) is 28.5 Å². The van der Waals surface area contributed by atoms with Gasteiger partial charge in [0.1, 0.15) is 5.82 Å². The Kier molecular flexibility index (Phi) is 6.98. The third-order valence-corrected chi connectivity index (χ3v) is 8.38. The Morgan fingerprint density at radius 3 is 1.52 bits per heavy atom. The molecule has 0 aliphatic heterocycles. The van der Waals surface area contributed by atoms with Crippen LogP contribution < -0.4 is 0 Å². The van der Waals surface area contributed by atoms with E-state index in [0.717, 1.165) is 55.3 Å². The lowest BCUT2D eigenvalue weighted by Gasteiger charge is -2.15. The fourth-order valence-electron chi connectivity index (χ4n) is 6.11. The molecule has 2 aromatic heterocycles. The van der Waals surface area contributed by atoms with E-state index in [2.05, 4.69) is 16.7 Å². The average molecular weight is 619 g/mol. The van der Waals surface area contributed by atoms with Crippen LogP contribution in [0.1, 0.15) is 11.1 Å². The van der Waals surface area contributed by atoms with Crippen molar-refractivity contribution in [3.05, 3.63) is 156 Å². The number of benzene rings is 6. The number of nitriles is 2. The minimum Gasteiger partial charge on any atom is -0.309 e. The van der Waals surface area contributed by atoms with Crippen LogP contribution >= 0.6 is 0 Å². The van der Waals surface area contributed by atoms with Gasteiger partial charge >= 0.3 is 0 Å². The van der Waals surface area contributed by atoms with E-state index in [1.54, 1.807) is 24.3 Å². The number of rotatable bonds is 5. The van der Waals surface area contributed by atoms with Crippen molar-refractivity contribution >= 4 is 21.8 Å². The van der Waals surface area contributed by atoms with Gasteiger partial charge in [-0.05, 0) is 71.8 Å². The lowest BCUT2D eigenvalue weighted by atomic mass is 9.98. The van der Waals surface area contributed by atoms with Crippen LogP contribution in [-0.4, -0.2) is 19.5 Å². The van der Waals surface area contributed by atoms with Gasteiger partial charge in [0.2, 0.25) is 0 Å². The highest BCUT2D eigenvalue weighted by Crippen LogP contribution is 2.38. The highest BCUT2D eigenvalue weighted by Gasteiger charge is 2.19. The predicted octanol–water partition coefficient (Wildman–Crippen LogP) is 9.52. The van der Waals surface area contributed by atoms with Gasteiger partial charge in [-0.15, -0.1) is 0 Å². The van der Waals surface area contributed by atoms with E-state index in [4.69, 9.17) is 15.0 Å². The van der Waals surface area contributed by atoms with Crippen LogP contribution in [0.3, 0.4) is 0 Å². The second-order valence-electron chi connectivity index (χ2n) is 11.3. The number of halogens is 1. The Balaban J connectivity index is 1.43. The topological polar surface area (TPSA) is 91.2 Å². The molecule has 6 aromatic carbocycles. The van der Waals surface area contributed by atoms with Gasteiger partial charge in [0.05, 0.1) is 34.3 Å². The highest BCUT2D eigenvalue weighted by molar-refractivity contribution is 6.10. The Labute approximate surface area is 275 Å². The summed E-state index contributed by atoms with van der Waals surface area (Å²) in [7, 11) is 0. The maximum Gasteiger partial charge on any atom is 0.164 e. The molecule has 2 heterocycles. The molecule has 8 aromatic rings. The zero-order valence-electron chi connectivity index (χ0n) is 25.3. The first-order valence-corrected chi connectivity index (χ1v) is 15.3. The van der Waals surface area contributed by atoms with Crippen LogP contribution in [0.2, 0.25) is 0 Å². The molecule has 0 aliphatic carbocycles. The summed E-state index contributed by atoms with van der Waals surface area (Å²) in [6.45, 7) is 0. The number of nitrogens with zero attached hydrogens (tertiary/aromatic N) is 6. The van der Waals surface area contributed by atoms with Crippen molar-refractivity contribution in [1.29, 1.82) is 10.5 Å². The van der Waals surface area contributed by atoms with E-state index in [0.29, 0.717) is 28.6 Å². The van der Waals surface area contributed by atoms with Gasteiger partial charge in [0, 0.05) is 33.2 Å². The maximum atomic E-state index is 14.1. The van der Waals surface area contributed by atoms with E-state index in [9.17, 15) is 14.9 Å². The molecular weight excluding hydrogens is 595 g/mol. The highest BCUT2D eigenvalue weighted by atomic mass is 19.1. The normalized spacial score (nSPS) is 11.0. The summed E-state index contributed by atoms with van der Waals surface area (Å²) in [5.41, 5.74) is 7.70. The van der Waals surface area contributed by atoms with Crippen LogP contribution in [0.15, 0.2) is 140 Å². The van der Waals surface area contributed by atoms with Crippen LogP contribution in [0.4, 0.5) is 4.39 Å².